The Kier molecular flexibility index (Phi) is 2.58. The highest BCUT2D eigenvalue weighted by atomic mass is 16.4. The fourth-order valence-electron chi connectivity index (χ4n) is 3.53. The average Bonchev–Trinajstić information content (AvgIpc) is 3.26. The Bertz CT molecular complexity index is 1430. The number of nitrogens with zero attached hydrogens (tertiary/aromatic N) is 2. The molecule has 3 aromatic heterocycles. The fraction of sp³-hybridized carbons (Fsp3) is 0. The molecular weight excluding hydrogens is 324 g/mol. The minimum absolute atomic E-state index is 0.571. The van der Waals surface area contributed by atoms with Crippen LogP contribution in [0.3, 0.4) is 0 Å². The van der Waals surface area contributed by atoms with Gasteiger partial charge in [-0.15, -0.1) is 0 Å². The molecule has 0 fully saturated rings. The maximum absolute atomic E-state index is 6.11. The largest absolute Gasteiger partial charge is 0.452 e. The molecule has 6 rings (SSSR count). The molecule has 0 aliphatic heterocycles. The lowest BCUT2D eigenvalue weighted by atomic mass is 10.1. The molecular formula is C22H12N2O2. The number of aromatic nitrogens is 2. The number of benzene rings is 3. The number of para-hydroxylation sites is 1. The van der Waals surface area contributed by atoms with Crippen molar-refractivity contribution in [1.29, 1.82) is 0 Å². The molecule has 26 heavy (non-hydrogen) atoms. The molecule has 122 valence electrons. The summed E-state index contributed by atoms with van der Waals surface area (Å²) in [6, 6.07) is 22.0. The van der Waals surface area contributed by atoms with Gasteiger partial charge in [0.2, 0.25) is 5.71 Å². The monoisotopic (exact) mass is 336 g/mol. The molecule has 0 amide bonds. The van der Waals surface area contributed by atoms with Gasteiger partial charge in [0.15, 0.2) is 17.0 Å². The van der Waals surface area contributed by atoms with Crippen molar-refractivity contribution in [1.82, 2.24) is 9.97 Å². The smallest absolute Gasteiger partial charge is 0.231 e. The van der Waals surface area contributed by atoms with Gasteiger partial charge in [-0.2, -0.15) is 4.98 Å². The van der Waals surface area contributed by atoms with Crippen LogP contribution in [0.25, 0.3) is 55.4 Å². The molecule has 3 aromatic carbocycles. The highest BCUT2D eigenvalue weighted by Crippen LogP contribution is 2.38. The van der Waals surface area contributed by atoms with Crippen molar-refractivity contribution in [2.45, 2.75) is 0 Å². The lowest BCUT2D eigenvalue weighted by Gasteiger charge is -1.98. The van der Waals surface area contributed by atoms with Crippen molar-refractivity contribution < 1.29 is 8.83 Å². The van der Waals surface area contributed by atoms with E-state index in [2.05, 4.69) is 28.2 Å². The van der Waals surface area contributed by atoms with Gasteiger partial charge < -0.3 is 8.83 Å². The second-order valence-corrected chi connectivity index (χ2v) is 6.30. The van der Waals surface area contributed by atoms with E-state index in [0.717, 1.165) is 38.3 Å². The van der Waals surface area contributed by atoms with Crippen molar-refractivity contribution in [2.24, 2.45) is 0 Å². The zero-order valence-electron chi connectivity index (χ0n) is 13.6. The first-order chi connectivity index (χ1) is 12.9. The second-order valence-electron chi connectivity index (χ2n) is 6.30. The third kappa shape index (κ3) is 1.78. The van der Waals surface area contributed by atoms with Crippen LogP contribution in [-0.4, -0.2) is 9.97 Å². The van der Waals surface area contributed by atoms with Crippen LogP contribution in [0.4, 0.5) is 0 Å². The van der Waals surface area contributed by atoms with Gasteiger partial charge in [-0.1, -0.05) is 48.5 Å². The molecule has 0 unspecified atom stereocenters. The van der Waals surface area contributed by atoms with Gasteiger partial charge in [-0.05, 0) is 18.2 Å². The summed E-state index contributed by atoms with van der Waals surface area (Å²) in [4.78, 5) is 9.14. The lowest BCUT2D eigenvalue weighted by Crippen LogP contribution is -1.87. The molecule has 4 nitrogen and oxygen atoms in total. The molecule has 0 N–H and O–H groups in total. The van der Waals surface area contributed by atoms with Gasteiger partial charge in [0, 0.05) is 27.9 Å². The molecule has 0 radical (unpaired) electrons. The van der Waals surface area contributed by atoms with Crippen molar-refractivity contribution in [3.8, 4) is 11.4 Å². The molecule has 4 heteroatoms. The van der Waals surface area contributed by atoms with E-state index in [4.69, 9.17) is 8.83 Å². The van der Waals surface area contributed by atoms with Gasteiger partial charge in [-0.3, -0.25) is 0 Å². The van der Waals surface area contributed by atoms with E-state index < -0.39 is 0 Å². The van der Waals surface area contributed by atoms with E-state index in [0.29, 0.717) is 17.1 Å². The van der Waals surface area contributed by atoms with Gasteiger partial charge in [0.25, 0.3) is 0 Å². The number of furan rings is 2. The van der Waals surface area contributed by atoms with E-state index in [9.17, 15) is 0 Å². The summed E-state index contributed by atoms with van der Waals surface area (Å²) in [6.07, 6.45) is 1.82. The van der Waals surface area contributed by atoms with Crippen molar-refractivity contribution in [3.05, 3.63) is 72.9 Å². The van der Waals surface area contributed by atoms with Crippen LogP contribution in [0.5, 0.6) is 0 Å². The zero-order valence-corrected chi connectivity index (χ0v) is 13.6. The highest BCUT2D eigenvalue weighted by Gasteiger charge is 2.17. The summed E-state index contributed by atoms with van der Waals surface area (Å²) in [6.45, 7) is 0. The Balaban J connectivity index is 1.69. The Labute approximate surface area is 147 Å². The molecule has 0 saturated carbocycles. The van der Waals surface area contributed by atoms with Crippen LogP contribution in [0.15, 0.2) is 81.8 Å². The Morgan fingerprint density at radius 2 is 1.35 bits per heavy atom. The Morgan fingerprint density at radius 1 is 0.615 bits per heavy atom. The summed E-state index contributed by atoms with van der Waals surface area (Å²) in [5.41, 5.74) is 3.85. The third-order valence-corrected chi connectivity index (χ3v) is 4.78. The highest BCUT2D eigenvalue weighted by molar-refractivity contribution is 6.18. The summed E-state index contributed by atoms with van der Waals surface area (Å²) in [5, 5.41) is 3.98. The molecule has 0 aliphatic rings. The quantitative estimate of drug-likeness (QED) is 0.373. The van der Waals surface area contributed by atoms with Gasteiger partial charge in [-0.25, -0.2) is 4.98 Å². The van der Waals surface area contributed by atoms with Crippen molar-refractivity contribution in [2.75, 3.05) is 0 Å². The average molecular weight is 336 g/mol. The SMILES string of the molecule is c1ccc(-c2ncc3c(n2)oc2c3ccc3c4ccccc4oc32)cc1. The molecule has 6 aromatic rings. The number of hydrogen-bond donors (Lipinski definition) is 0. The predicted octanol–water partition coefficient (Wildman–Crippen LogP) is 5.94. The summed E-state index contributed by atoms with van der Waals surface area (Å²) in [7, 11) is 0. The molecule has 0 aliphatic carbocycles. The molecule has 0 atom stereocenters. The van der Waals surface area contributed by atoms with E-state index in [1.807, 2.05) is 54.7 Å². The standard InChI is InChI=1S/C22H12N2O2/c1-2-6-13(7-3-1)21-23-12-17-16-11-10-15-14-8-4-5-9-18(14)25-19(15)20(16)26-22(17)24-21/h1-12H. The van der Waals surface area contributed by atoms with E-state index in [1.165, 1.54) is 0 Å². The Hall–Kier alpha value is -3.66. The predicted molar refractivity (Wildman–Crippen MR) is 102 cm³/mol. The van der Waals surface area contributed by atoms with Crippen molar-refractivity contribution >= 4 is 44.0 Å². The molecule has 3 heterocycles. The molecule has 0 bridgehead atoms. The molecule has 0 saturated heterocycles. The minimum Gasteiger partial charge on any atom is -0.452 e. The number of fused-ring (bicyclic) bond motifs is 7. The van der Waals surface area contributed by atoms with E-state index >= 15 is 0 Å². The van der Waals surface area contributed by atoms with Crippen LogP contribution in [-0.2, 0) is 0 Å². The first-order valence-corrected chi connectivity index (χ1v) is 8.43. The number of hydrogen-bond acceptors (Lipinski definition) is 4. The van der Waals surface area contributed by atoms with E-state index in [-0.39, 0.29) is 0 Å². The third-order valence-electron chi connectivity index (χ3n) is 4.78. The normalized spacial score (nSPS) is 11.8. The molecule has 0 spiro atoms. The minimum atomic E-state index is 0.571. The van der Waals surface area contributed by atoms with Gasteiger partial charge in [0.1, 0.15) is 5.58 Å². The Morgan fingerprint density at radius 3 is 2.23 bits per heavy atom. The lowest BCUT2D eigenvalue weighted by molar-refractivity contribution is 0.625. The first-order valence-electron chi connectivity index (χ1n) is 8.43. The maximum Gasteiger partial charge on any atom is 0.231 e. The summed E-state index contributed by atoms with van der Waals surface area (Å²) < 4.78 is 12.2. The summed E-state index contributed by atoms with van der Waals surface area (Å²) >= 11 is 0. The summed E-state index contributed by atoms with van der Waals surface area (Å²) in [5.74, 6) is 0.651. The van der Waals surface area contributed by atoms with Crippen molar-refractivity contribution in [3.63, 3.8) is 0 Å². The zero-order chi connectivity index (χ0) is 17.1. The maximum atomic E-state index is 6.11. The second kappa shape index (κ2) is 4.92. The topological polar surface area (TPSA) is 52.1 Å². The fourth-order valence-corrected chi connectivity index (χ4v) is 3.53. The van der Waals surface area contributed by atoms with E-state index in [1.54, 1.807) is 0 Å². The van der Waals surface area contributed by atoms with Crippen LogP contribution in [0.1, 0.15) is 0 Å². The first kappa shape index (κ1) is 13.6. The van der Waals surface area contributed by atoms with Crippen LogP contribution in [0.2, 0.25) is 0 Å². The van der Waals surface area contributed by atoms with Crippen LogP contribution < -0.4 is 0 Å². The van der Waals surface area contributed by atoms with Gasteiger partial charge in [0.05, 0.1) is 5.39 Å². The number of rotatable bonds is 1. The van der Waals surface area contributed by atoms with Crippen LogP contribution >= 0.6 is 0 Å². The van der Waals surface area contributed by atoms with Crippen LogP contribution in [0, 0.1) is 0 Å². The van der Waals surface area contributed by atoms with Gasteiger partial charge >= 0.3 is 0 Å².